The second-order valence-corrected chi connectivity index (χ2v) is 6.23. The van der Waals surface area contributed by atoms with Crippen molar-refractivity contribution in [2.75, 3.05) is 18.1 Å². The molecule has 1 fully saturated rings. The normalized spacial score (nSPS) is 16.9. The Hall–Kier alpha value is -3.16. The monoisotopic (exact) mass is 372 g/mol. The number of ether oxygens (including phenoxy) is 1. The Bertz CT molecular complexity index is 745. The van der Waals surface area contributed by atoms with Gasteiger partial charge < -0.3 is 20.7 Å². The van der Waals surface area contributed by atoms with Crippen molar-refractivity contribution in [1.29, 1.82) is 5.41 Å². The molecular formula is C19H24N4O4. The van der Waals surface area contributed by atoms with Crippen LogP contribution in [0.1, 0.15) is 25.3 Å². The van der Waals surface area contributed by atoms with E-state index >= 15 is 0 Å². The molecule has 0 radical (unpaired) electrons. The van der Waals surface area contributed by atoms with Crippen LogP contribution in [0.2, 0.25) is 0 Å². The van der Waals surface area contributed by atoms with Gasteiger partial charge in [0.1, 0.15) is 5.84 Å². The van der Waals surface area contributed by atoms with Crippen molar-refractivity contribution in [2.24, 2.45) is 11.7 Å². The number of esters is 1. The lowest BCUT2D eigenvalue weighted by molar-refractivity contribution is -0.143. The maximum atomic E-state index is 12.3. The van der Waals surface area contributed by atoms with Crippen molar-refractivity contribution >= 4 is 29.3 Å². The maximum Gasteiger partial charge on any atom is 0.308 e. The number of anilines is 1. The second-order valence-electron chi connectivity index (χ2n) is 6.23. The lowest BCUT2D eigenvalue weighted by atomic mass is 9.93. The third-order valence-electron chi connectivity index (χ3n) is 4.26. The first kappa shape index (κ1) is 20.2. The van der Waals surface area contributed by atoms with Gasteiger partial charge in [-0.3, -0.25) is 19.8 Å². The van der Waals surface area contributed by atoms with Gasteiger partial charge in [0.2, 0.25) is 11.8 Å². The zero-order chi connectivity index (χ0) is 20.0. The van der Waals surface area contributed by atoms with Crippen molar-refractivity contribution in [3.63, 3.8) is 0 Å². The van der Waals surface area contributed by atoms with Crippen molar-refractivity contribution in [3.8, 4) is 0 Å². The van der Waals surface area contributed by atoms with Crippen LogP contribution in [-0.4, -0.2) is 42.8 Å². The Labute approximate surface area is 157 Å². The highest BCUT2D eigenvalue weighted by molar-refractivity contribution is 6.04. The molecule has 0 saturated carbocycles. The molecule has 8 heteroatoms. The fourth-order valence-electron chi connectivity index (χ4n) is 2.78. The lowest BCUT2D eigenvalue weighted by Crippen LogP contribution is -2.54. The van der Waals surface area contributed by atoms with Crippen LogP contribution >= 0.6 is 0 Å². The van der Waals surface area contributed by atoms with Crippen LogP contribution in [0.3, 0.4) is 0 Å². The van der Waals surface area contributed by atoms with E-state index in [0.717, 1.165) is 0 Å². The number of amides is 2. The molecule has 1 heterocycles. The molecule has 2 atom stereocenters. The Morgan fingerprint density at radius 3 is 2.63 bits per heavy atom. The van der Waals surface area contributed by atoms with Crippen molar-refractivity contribution in [2.45, 2.75) is 25.8 Å². The van der Waals surface area contributed by atoms with Crippen LogP contribution in [0.5, 0.6) is 0 Å². The van der Waals surface area contributed by atoms with Crippen LogP contribution in [-0.2, 0) is 19.1 Å². The molecule has 0 aliphatic carbocycles. The summed E-state index contributed by atoms with van der Waals surface area (Å²) < 4.78 is 4.85. The number of carbonyl (C=O) groups excluding carboxylic acids is 3. The number of amidine groups is 1. The van der Waals surface area contributed by atoms with E-state index in [9.17, 15) is 14.4 Å². The first-order valence-electron chi connectivity index (χ1n) is 8.69. The predicted octanol–water partition coefficient (Wildman–Crippen LogP) is 0.948. The number of nitrogens with zero attached hydrogens (tertiary/aromatic N) is 1. The summed E-state index contributed by atoms with van der Waals surface area (Å²) in [7, 11) is 0. The van der Waals surface area contributed by atoms with E-state index < -0.39 is 17.9 Å². The Kier molecular flexibility index (Phi) is 6.70. The van der Waals surface area contributed by atoms with Gasteiger partial charge in [0, 0.05) is 24.2 Å². The van der Waals surface area contributed by atoms with Gasteiger partial charge in [-0.05, 0) is 31.2 Å². The SMILES string of the molecule is C=CC(CC(=O)OCC)NC(=O)CC1CN(c2ccc(C(=N)N)cc2)C1=O. The Morgan fingerprint density at radius 2 is 2.11 bits per heavy atom. The molecular weight excluding hydrogens is 348 g/mol. The molecule has 1 aromatic rings. The molecule has 0 bridgehead atoms. The summed E-state index contributed by atoms with van der Waals surface area (Å²) >= 11 is 0. The summed E-state index contributed by atoms with van der Waals surface area (Å²) in [5, 5.41) is 10.1. The molecule has 1 saturated heterocycles. The molecule has 0 spiro atoms. The van der Waals surface area contributed by atoms with E-state index in [1.165, 1.54) is 6.08 Å². The standard InChI is InChI=1S/C19H24N4O4/c1-3-14(10-17(25)27-4-2)22-16(24)9-13-11-23(19(13)26)15-7-5-12(6-8-15)18(20)21/h3,5-8,13-14H,1,4,9-11H2,2H3,(H3,20,21)(H,22,24). The number of nitrogen functional groups attached to an aromatic ring is 1. The zero-order valence-corrected chi connectivity index (χ0v) is 15.2. The van der Waals surface area contributed by atoms with Crippen LogP contribution in [0, 0.1) is 11.3 Å². The minimum absolute atomic E-state index is 0.0102. The van der Waals surface area contributed by atoms with Gasteiger partial charge in [-0.2, -0.15) is 0 Å². The van der Waals surface area contributed by atoms with Crippen LogP contribution in [0.4, 0.5) is 5.69 Å². The first-order chi connectivity index (χ1) is 12.8. The van der Waals surface area contributed by atoms with Gasteiger partial charge in [0.25, 0.3) is 0 Å². The van der Waals surface area contributed by atoms with Crippen molar-refractivity contribution in [1.82, 2.24) is 5.32 Å². The van der Waals surface area contributed by atoms with Gasteiger partial charge in [0.05, 0.1) is 25.0 Å². The molecule has 27 heavy (non-hydrogen) atoms. The molecule has 0 aromatic heterocycles. The minimum Gasteiger partial charge on any atom is -0.466 e. The highest BCUT2D eigenvalue weighted by Crippen LogP contribution is 2.28. The first-order valence-corrected chi connectivity index (χ1v) is 8.69. The predicted molar refractivity (Wildman–Crippen MR) is 101 cm³/mol. The molecule has 2 rings (SSSR count). The zero-order valence-electron chi connectivity index (χ0n) is 15.2. The number of nitrogens with two attached hydrogens (primary N) is 1. The quantitative estimate of drug-likeness (QED) is 0.196. The van der Waals surface area contributed by atoms with Gasteiger partial charge in [-0.25, -0.2) is 0 Å². The average Bonchev–Trinajstić information content (AvgIpc) is 2.64. The van der Waals surface area contributed by atoms with Crippen LogP contribution < -0.4 is 16.0 Å². The number of rotatable bonds is 9. The molecule has 1 aliphatic heterocycles. The van der Waals surface area contributed by atoms with Gasteiger partial charge in [-0.15, -0.1) is 6.58 Å². The van der Waals surface area contributed by atoms with E-state index in [-0.39, 0.29) is 37.1 Å². The molecule has 2 amide bonds. The Balaban J connectivity index is 1.84. The van der Waals surface area contributed by atoms with Gasteiger partial charge in [-0.1, -0.05) is 6.08 Å². The fraction of sp³-hybridized carbons (Fsp3) is 0.368. The fourth-order valence-corrected chi connectivity index (χ4v) is 2.78. The minimum atomic E-state index is -0.526. The number of hydrogen-bond acceptors (Lipinski definition) is 5. The summed E-state index contributed by atoms with van der Waals surface area (Å²) in [4.78, 5) is 37.5. The molecule has 2 unspecified atom stereocenters. The third-order valence-corrected chi connectivity index (χ3v) is 4.26. The van der Waals surface area contributed by atoms with Crippen LogP contribution in [0.25, 0.3) is 0 Å². The van der Waals surface area contributed by atoms with Crippen LogP contribution in [0.15, 0.2) is 36.9 Å². The number of β-lactam (4-membered cyclic amide) rings is 1. The summed E-state index contributed by atoms with van der Waals surface area (Å²) in [6.45, 7) is 6.02. The smallest absolute Gasteiger partial charge is 0.308 e. The summed E-state index contributed by atoms with van der Waals surface area (Å²) in [6, 6.07) is 6.27. The second kappa shape index (κ2) is 8.98. The lowest BCUT2D eigenvalue weighted by Gasteiger charge is -2.38. The molecule has 144 valence electrons. The topological polar surface area (TPSA) is 126 Å². The van der Waals surface area contributed by atoms with E-state index in [1.807, 2.05) is 0 Å². The molecule has 1 aromatic carbocycles. The Morgan fingerprint density at radius 1 is 1.44 bits per heavy atom. The summed E-state index contributed by atoms with van der Waals surface area (Å²) in [5.74, 6) is -1.30. The van der Waals surface area contributed by atoms with E-state index in [0.29, 0.717) is 17.8 Å². The molecule has 1 aliphatic rings. The maximum absolute atomic E-state index is 12.3. The summed E-state index contributed by atoms with van der Waals surface area (Å²) in [6.07, 6.45) is 1.53. The van der Waals surface area contributed by atoms with E-state index in [2.05, 4.69) is 11.9 Å². The summed E-state index contributed by atoms with van der Waals surface area (Å²) in [5.41, 5.74) is 6.70. The van der Waals surface area contributed by atoms with E-state index in [4.69, 9.17) is 15.9 Å². The highest BCUT2D eigenvalue weighted by atomic mass is 16.5. The average molecular weight is 372 g/mol. The third kappa shape index (κ3) is 5.16. The molecule has 8 nitrogen and oxygen atoms in total. The van der Waals surface area contributed by atoms with E-state index in [1.54, 1.807) is 36.1 Å². The molecule has 4 N–H and O–H groups in total. The highest BCUT2D eigenvalue weighted by Gasteiger charge is 2.39. The van der Waals surface area contributed by atoms with Gasteiger partial charge >= 0.3 is 5.97 Å². The largest absolute Gasteiger partial charge is 0.466 e. The number of hydrogen-bond donors (Lipinski definition) is 3. The number of benzene rings is 1. The van der Waals surface area contributed by atoms with Crippen molar-refractivity contribution < 1.29 is 19.1 Å². The van der Waals surface area contributed by atoms with Gasteiger partial charge in [0.15, 0.2) is 0 Å². The number of nitrogens with one attached hydrogen (secondary N) is 2. The van der Waals surface area contributed by atoms with Crippen molar-refractivity contribution in [3.05, 3.63) is 42.5 Å². The number of carbonyl (C=O) groups is 3.